The molecule has 0 aliphatic heterocycles. The SMILES string of the molecule is CCCCCCCCNc1ccc2c(c1)oc1c3oc4cc(C)ccc4c3n(-c3ccccc3)c21. The number of furan rings is 2. The molecule has 0 aliphatic carbocycles. The Labute approximate surface area is 205 Å². The monoisotopic (exact) mass is 464 g/mol. The number of hydrogen-bond acceptors (Lipinski definition) is 3. The molecule has 0 bridgehead atoms. The van der Waals surface area contributed by atoms with Crippen LogP contribution >= 0.6 is 0 Å². The van der Waals surface area contributed by atoms with E-state index in [-0.39, 0.29) is 0 Å². The van der Waals surface area contributed by atoms with Crippen molar-refractivity contribution < 1.29 is 8.83 Å². The number of aryl methyl sites for hydroxylation is 1. The van der Waals surface area contributed by atoms with E-state index in [2.05, 4.69) is 84.4 Å². The highest BCUT2D eigenvalue weighted by Gasteiger charge is 2.24. The molecule has 3 heterocycles. The van der Waals surface area contributed by atoms with Gasteiger partial charge < -0.3 is 18.7 Å². The third kappa shape index (κ3) is 3.87. The van der Waals surface area contributed by atoms with Crippen LogP contribution in [0.3, 0.4) is 0 Å². The minimum atomic E-state index is 0.806. The summed E-state index contributed by atoms with van der Waals surface area (Å²) in [6.07, 6.45) is 7.79. The number of fused-ring (bicyclic) bond motifs is 7. The summed E-state index contributed by atoms with van der Waals surface area (Å²) in [5.41, 5.74) is 8.89. The normalized spacial score (nSPS) is 11.9. The lowest BCUT2D eigenvalue weighted by Crippen LogP contribution is -2.01. The first-order valence-electron chi connectivity index (χ1n) is 12.9. The topological polar surface area (TPSA) is 43.2 Å². The van der Waals surface area contributed by atoms with E-state index in [1.807, 2.05) is 6.07 Å². The Hall–Kier alpha value is -3.66. The van der Waals surface area contributed by atoms with Gasteiger partial charge in [-0.2, -0.15) is 0 Å². The van der Waals surface area contributed by atoms with Crippen LogP contribution in [0.25, 0.3) is 49.8 Å². The van der Waals surface area contributed by atoms with Gasteiger partial charge in [0.05, 0.1) is 0 Å². The summed E-state index contributed by atoms with van der Waals surface area (Å²) in [7, 11) is 0. The third-order valence-electron chi connectivity index (χ3n) is 7.01. The van der Waals surface area contributed by atoms with Crippen LogP contribution in [-0.2, 0) is 0 Å². The number of anilines is 1. The van der Waals surface area contributed by atoms with Gasteiger partial charge in [0.25, 0.3) is 0 Å². The first-order chi connectivity index (χ1) is 17.2. The van der Waals surface area contributed by atoms with E-state index in [9.17, 15) is 0 Å². The maximum absolute atomic E-state index is 6.49. The summed E-state index contributed by atoms with van der Waals surface area (Å²) in [6.45, 7) is 5.34. The van der Waals surface area contributed by atoms with Crippen LogP contribution in [0.2, 0.25) is 0 Å². The maximum atomic E-state index is 6.49. The van der Waals surface area contributed by atoms with Crippen LogP contribution in [0.15, 0.2) is 75.6 Å². The van der Waals surface area contributed by atoms with Gasteiger partial charge in [0.15, 0.2) is 11.2 Å². The van der Waals surface area contributed by atoms with Crippen molar-refractivity contribution in [3.05, 3.63) is 72.3 Å². The molecule has 0 unspecified atom stereocenters. The van der Waals surface area contributed by atoms with Gasteiger partial charge in [0, 0.05) is 34.8 Å². The summed E-state index contributed by atoms with van der Waals surface area (Å²) >= 11 is 0. The average molecular weight is 465 g/mol. The molecule has 0 saturated carbocycles. The van der Waals surface area contributed by atoms with Crippen LogP contribution in [0.4, 0.5) is 5.69 Å². The fourth-order valence-electron chi connectivity index (χ4n) is 5.22. The number of nitrogens with one attached hydrogen (secondary N) is 1. The molecule has 4 nitrogen and oxygen atoms in total. The number of benzene rings is 3. The highest BCUT2D eigenvalue weighted by molar-refractivity contribution is 6.20. The molecule has 0 aliphatic rings. The van der Waals surface area contributed by atoms with Gasteiger partial charge in [0.1, 0.15) is 22.2 Å². The van der Waals surface area contributed by atoms with E-state index >= 15 is 0 Å². The Morgan fingerprint density at radius 1 is 0.714 bits per heavy atom. The summed E-state index contributed by atoms with van der Waals surface area (Å²) in [5.74, 6) is 0. The van der Waals surface area contributed by atoms with E-state index in [1.54, 1.807) is 0 Å². The quantitative estimate of drug-likeness (QED) is 0.217. The van der Waals surface area contributed by atoms with Crippen molar-refractivity contribution >= 4 is 49.8 Å². The molecule has 3 aromatic carbocycles. The number of rotatable bonds is 9. The molecule has 3 aromatic heterocycles. The zero-order valence-corrected chi connectivity index (χ0v) is 20.6. The van der Waals surface area contributed by atoms with Crippen LogP contribution in [0.5, 0.6) is 0 Å². The van der Waals surface area contributed by atoms with Crippen molar-refractivity contribution in [1.82, 2.24) is 4.57 Å². The molecular weight excluding hydrogens is 432 g/mol. The molecule has 1 N–H and O–H groups in total. The second kappa shape index (κ2) is 9.18. The Kier molecular flexibility index (Phi) is 5.73. The van der Waals surface area contributed by atoms with Crippen LogP contribution in [0.1, 0.15) is 51.0 Å². The molecule has 178 valence electrons. The summed E-state index contributed by atoms with van der Waals surface area (Å²) in [6, 6.07) is 23.3. The fourth-order valence-corrected chi connectivity index (χ4v) is 5.22. The number of para-hydroxylation sites is 1. The summed E-state index contributed by atoms with van der Waals surface area (Å²) in [4.78, 5) is 0. The molecule has 0 amide bonds. The molecule has 6 aromatic rings. The molecule has 0 radical (unpaired) electrons. The van der Waals surface area contributed by atoms with Gasteiger partial charge in [-0.1, -0.05) is 63.3 Å². The number of hydrogen-bond donors (Lipinski definition) is 1. The number of nitrogens with zero attached hydrogens (tertiary/aromatic N) is 1. The van der Waals surface area contributed by atoms with Crippen molar-refractivity contribution in [3.8, 4) is 5.69 Å². The number of aromatic nitrogens is 1. The Bertz CT molecular complexity index is 1620. The minimum absolute atomic E-state index is 0.806. The van der Waals surface area contributed by atoms with Crippen molar-refractivity contribution in [2.24, 2.45) is 0 Å². The van der Waals surface area contributed by atoms with Crippen molar-refractivity contribution in [3.63, 3.8) is 0 Å². The second-order valence-corrected chi connectivity index (χ2v) is 9.64. The molecule has 0 saturated heterocycles. The minimum Gasteiger partial charge on any atom is -0.450 e. The zero-order chi connectivity index (χ0) is 23.8. The standard InChI is InChI=1S/C31H32N2O2/c1-3-4-5-6-7-11-18-32-22-15-17-25-27(20-22)35-31-29(25)33(23-12-9-8-10-13-23)28-24-16-14-21(2)19-26(24)34-30(28)31/h8-10,12-17,19-20,32H,3-7,11,18H2,1-2H3. The van der Waals surface area contributed by atoms with E-state index in [0.29, 0.717) is 0 Å². The van der Waals surface area contributed by atoms with Crippen LogP contribution in [-0.4, -0.2) is 11.1 Å². The van der Waals surface area contributed by atoms with Crippen LogP contribution < -0.4 is 5.32 Å². The Balaban J connectivity index is 1.42. The fraction of sp³-hybridized carbons (Fsp3) is 0.290. The number of unbranched alkanes of at least 4 members (excludes halogenated alkanes) is 5. The molecule has 35 heavy (non-hydrogen) atoms. The highest BCUT2D eigenvalue weighted by atomic mass is 16.4. The maximum Gasteiger partial charge on any atom is 0.196 e. The lowest BCUT2D eigenvalue weighted by molar-refractivity contribution is 0.617. The lowest BCUT2D eigenvalue weighted by atomic mass is 10.1. The van der Waals surface area contributed by atoms with Crippen LogP contribution in [0, 0.1) is 6.92 Å². The van der Waals surface area contributed by atoms with Gasteiger partial charge in [-0.3, -0.25) is 0 Å². The van der Waals surface area contributed by atoms with E-state index < -0.39 is 0 Å². The van der Waals surface area contributed by atoms with E-state index in [1.165, 1.54) is 44.1 Å². The lowest BCUT2D eigenvalue weighted by Gasteiger charge is -2.08. The van der Waals surface area contributed by atoms with E-state index in [0.717, 1.165) is 62.1 Å². The second-order valence-electron chi connectivity index (χ2n) is 9.64. The van der Waals surface area contributed by atoms with Gasteiger partial charge in [-0.25, -0.2) is 0 Å². The van der Waals surface area contributed by atoms with Crippen molar-refractivity contribution in [1.29, 1.82) is 0 Å². The molecule has 4 heteroatoms. The molecule has 0 atom stereocenters. The van der Waals surface area contributed by atoms with Gasteiger partial charge in [-0.05, 0) is 55.3 Å². The molecule has 0 spiro atoms. The smallest absolute Gasteiger partial charge is 0.196 e. The third-order valence-corrected chi connectivity index (χ3v) is 7.01. The first kappa shape index (κ1) is 21.8. The first-order valence-corrected chi connectivity index (χ1v) is 12.9. The van der Waals surface area contributed by atoms with Crippen molar-refractivity contribution in [2.75, 3.05) is 11.9 Å². The summed E-state index contributed by atoms with van der Waals surface area (Å²) in [5, 5.41) is 5.79. The molecule has 0 fully saturated rings. The van der Waals surface area contributed by atoms with Crippen molar-refractivity contribution in [2.45, 2.75) is 52.4 Å². The zero-order valence-electron chi connectivity index (χ0n) is 20.6. The highest BCUT2D eigenvalue weighted by Crippen LogP contribution is 2.43. The van der Waals surface area contributed by atoms with Gasteiger partial charge in [-0.15, -0.1) is 0 Å². The Morgan fingerprint density at radius 2 is 1.37 bits per heavy atom. The Morgan fingerprint density at radius 3 is 2.11 bits per heavy atom. The summed E-state index contributed by atoms with van der Waals surface area (Å²) < 4.78 is 15.2. The largest absolute Gasteiger partial charge is 0.450 e. The average Bonchev–Trinajstić information content (AvgIpc) is 3.51. The van der Waals surface area contributed by atoms with Gasteiger partial charge >= 0.3 is 0 Å². The molecular formula is C31H32N2O2. The molecule has 6 rings (SSSR count). The van der Waals surface area contributed by atoms with Gasteiger partial charge in [0.2, 0.25) is 0 Å². The predicted molar refractivity (Wildman–Crippen MR) is 147 cm³/mol. The van der Waals surface area contributed by atoms with E-state index in [4.69, 9.17) is 8.83 Å². The predicted octanol–water partition coefficient (Wildman–Crippen LogP) is 9.36.